The minimum absolute atomic E-state index is 0.175. The van der Waals surface area contributed by atoms with Gasteiger partial charge in [0.05, 0.1) is 26.5 Å². The van der Waals surface area contributed by atoms with Crippen molar-refractivity contribution >= 4 is 11.6 Å². The van der Waals surface area contributed by atoms with E-state index < -0.39 is 12.0 Å². The van der Waals surface area contributed by atoms with Crippen LogP contribution >= 0.6 is 0 Å². The van der Waals surface area contributed by atoms with Gasteiger partial charge >= 0.3 is 0 Å². The lowest BCUT2D eigenvalue weighted by Gasteiger charge is -2.20. The van der Waals surface area contributed by atoms with Crippen LogP contribution in [0.1, 0.15) is 12.5 Å². The molecule has 5 nitrogen and oxygen atoms in total. The highest BCUT2D eigenvalue weighted by Crippen LogP contribution is 2.31. The lowest BCUT2D eigenvalue weighted by atomic mass is 10.00. The van der Waals surface area contributed by atoms with Crippen molar-refractivity contribution in [1.82, 2.24) is 15.3 Å². The van der Waals surface area contributed by atoms with Gasteiger partial charge in [-0.05, 0) is 36.2 Å². The van der Waals surface area contributed by atoms with Crippen LogP contribution in [0.25, 0.3) is 0 Å². The molecule has 0 radical (unpaired) electrons. The summed E-state index contributed by atoms with van der Waals surface area (Å²) in [6, 6.07) is 3.96. The first-order chi connectivity index (χ1) is 10.2. The third-order valence-corrected chi connectivity index (χ3v) is 3.22. The van der Waals surface area contributed by atoms with Gasteiger partial charge in [0.2, 0.25) is 5.95 Å². The summed E-state index contributed by atoms with van der Waals surface area (Å²) in [5, 5.41) is 6.30. The Morgan fingerprint density at radius 1 is 1.40 bits per heavy atom. The van der Waals surface area contributed by atoms with Gasteiger partial charge in [0.1, 0.15) is 5.75 Å². The van der Waals surface area contributed by atoms with Gasteiger partial charge < -0.3 is 15.4 Å². The summed E-state index contributed by atoms with van der Waals surface area (Å²) in [5.74, 6) is 0.0921. The highest BCUT2D eigenvalue weighted by Gasteiger charge is 2.14. The molecule has 0 bridgehead atoms. The van der Waals surface area contributed by atoms with Crippen LogP contribution in [0.15, 0.2) is 24.5 Å². The lowest BCUT2D eigenvalue weighted by Crippen LogP contribution is -2.23. The first kappa shape index (κ1) is 11.6. The summed E-state index contributed by atoms with van der Waals surface area (Å²) in [6.07, 6.45) is 1.47. The number of benzene rings is 1. The number of methoxy groups -OCH3 is 1. The molecular weight excluding hydrogens is 259 g/mol. The second kappa shape index (κ2) is 5.42. The van der Waals surface area contributed by atoms with E-state index in [0.29, 0.717) is 11.4 Å². The molecule has 0 atom stereocenters. The van der Waals surface area contributed by atoms with Crippen molar-refractivity contribution in [2.24, 2.45) is 0 Å². The molecule has 6 heteroatoms. The van der Waals surface area contributed by atoms with Gasteiger partial charge in [0, 0.05) is 6.54 Å². The van der Waals surface area contributed by atoms with Crippen molar-refractivity contribution < 1.29 is 10.5 Å². The van der Waals surface area contributed by atoms with Crippen molar-refractivity contribution in [2.45, 2.75) is 13.0 Å². The van der Waals surface area contributed by atoms with E-state index >= 15 is 0 Å². The van der Waals surface area contributed by atoms with Crippen molar-refractivity contribution in [3.8, 4) is 5.75 Å². The summed E-state index contributed by atoms with van der Waals surface area (Å²) < 4.78 is 25.8. The van der Waals surface area contributed by atoms with Gasteiger partial charge in [-0.1, -0.05) is 0 Å². The zero-order chi connectivity index (χ0) is 14.8. The summed E-state index contributed by atoms with van der Waals surface area (Å²) in [6.45, 7) is 1.75. The Morgan fingerprint density at radius 2 is 2.30 bits per heavy atom. The number of hydrogen-bond acceptors (Lipinski definition) is 5. The molecule has 0 saturated heterocycles. The van der Waals surface area contributed by atoms with E-state index in [9.17, 15) is 4.39 Å². The molecule has 0 amide bonds. The number of rotatable bonds is 3. The minimum Gasteiger partial charge on any atom is -0.495 e. The molecule has 3 rings (SSSR count). The number of halogens is 1. The number of aromatic nitrogens is 2. The van der Waals surface area contributed by atoms with Gasteiger partial charge in [-0.25, -0.2) is 14.4 Å². The molecule has 104 valence electrons. The second-order valence-corrected chi connectivity index (χ2v) is 4.53. The van der Waals surface area contributed by atoms with Gasteiger partial charge in [0.15, 0.2) is 5.82 Å². The van der Waals surface area contributed by atoms with Crippen LogP contribution in [0.4, 0.5) is 16.0 Å². The maximum absolute atomic E-state index is 13.0. The normalized spacial score (nSPS) is 14.4. The lowest BCUT2D eigenvalue weighted by molar-refractivity contribution is 0.415. The summed E-state index contributed by atoms with van der Waals surface area (Å²) >= 11 is 0. The molecule has 0 unspecified atom stereocenters. The zero-order valence-electron chi connectivity index (χ0n) is 12.0. The maximum atomic E-state index is 13.0. The Morgan fingerprint density at radius 3 is 3.10 bits per heavy atom. The van der Waals surface area contributed by atoms with Crippen LogP contribution < -0.4 is 15.4 Å². The number of nitrogens with zero attached hydrogens (tertiary/aromatic N) is 2. The molecule has 2 N–H and O–H groups in total. The van der Waals surface area contributed by atoms with Crippen LogP contribution in [0.3, 0.4) is 0 Å². The standard InChI is InChI=1S/C14H15FN4O/c1-20-13-5-10-6-16-3-2-9(10)4-12(13)19-14-17-7-11(15)8-18-14/h4-5,7-8,16H,2-3,6H2,1H3,(H,17,18,19)/i7D. The van der Waals surface area contributed by atoms with Gasteiger partial charge in [-0.3, -0.25) is 0 Å². The molecule has 2 heterocycles. The van der Waals surface area contributed by atoms with Crippen LogP contribution in [-0.2, 0) is 13.0 Å². The third kappa shape index (κ3) is 2.55. The molecule has 0 fully saturated rings. The van der Waals surface area contributed by atoms with E-state index in [1.165, 1.54) is 11.1 Å². The smallest absolute Gasteiger partial charge is 0.227 e. The van der Waals surface area contributed by atoms with E-state index in [4.69, 9.17) is 6.11 Å². The molecule has 1 aliphatic heterocycles. The molecule has 1 aromatic carbocycles. The Bertz CT molecular complexity index is 680. The number of hydrogen-bond donors (Lipinski definition) is 2. The Hall–Kier alpha value is -2.21. The fraction of sp³-hybridized carbons (Fsp3) is 0.286. The molecule has 1 aliphatic rings. The van der Waals surface area contributed by atoms with Crippen molar-refractivity contribution in [2.75, 3.05) is 19.0 Å². The fourth-order valence-electron chi connectivity index (χ4n) is 2.24. The Balaban J connectivity index is 1.95. The topological polar surface area (TPSA) is 59.1 Å². The number of anilines is 2. The van der Waals surface area contributed by atoms with Crippen molar-refractivity contribution in [1.29, 1.82) is 0 Å². The molecule has 0 saturated carbocycles. The van der Waals surface area contributed by atoms with Crippen LogP contribution in [0.2, 0.25) is 0 Å². The van der Waals surface area contributed by atoms with E-state index in [2.05, 4.69) is 20.6 Å². The molecule has 2 aromatic rings. The van der Waals surface area contributed by atoms with Crippen molar-refractivity contribution in [3.63, 3.8) is 0 Å². The predicted molar refractivity (Wildman–Crippen MR) is 73.7 cm³/mol. The molecule has 0 aliphatic carbocycles. The van der Waals surface area contributed by atoms with E-state index in [0.717, 1.165) is 25.7 Å². The summed E-state index contributed by atoms with van der Waals surface area (Å²) in [4.78, 5) is 7.59. The summed E-state index contributed by atoms with van der Waals surface area (Å²) in [7, 11) is 1.59. The minimum atomic E-state index is -0.746. The first-order valence-electron chi connectivity index (χ1n) is 6.84. The SMILES string of the molecule is [2H]c1nc(Nc2cc3c(cc2OC)CNCC3)ncc1F. The summed E-state index contributed by atoms with van der Waals surface area (Å²) in [5.41, 5.74) is 3.14. The van der Waals surface area contributed by atoms with Crippen molar-refractivity contribution in [3.05, 3.63) is 41.4 Å². The highest BCUT2D eigenvalue weighted by molar-refractivity contribution is 5.65. The fourth-order valence-corrected chi connectivity index (χ4v) is 2.24. The zero-order valence-corrected chi connectivity index (χ0v) is 11.0. The Kier molecular flexibility index (Phi) is 3.14. The average Bonchev–Trinajstić information content (AvgIpc) is 2.50. The quantitative estimate of drug-likeness (QED) is 0.897. The van der Waals surface area contributed by atoms with Crippen LogP contribution in [0, 0.1) is 5.82 Å². The number of nitrogens with one attached hydrogen (secondary N) is 2. The third-order valence-electron chi connectivity index (χ3n) is 3.22. The largest absolute Gasteiger partial charge is 0.495 e. The number of fused-ring (bicyclic) bond motifs is 1. The number of ether oxygens (including phenoxy) is 1. The first-order valence-corrected chi connectivity index (χ1v) is 6.34. The monoisotopic (exact) mass is 275 g/mol. The molecule has 0 spiro atoms. The molecular formula is C14H15FN4O. The van der Waals surface area contributed by atoms with Crippen LogP contribution in [0.5, 0.6) is 5.75 Å². The Labute approximate surface area is 117 Å². The highest BCUT2D eigenvalue weighted by atomic mass is 19.1. The maximum Gasteiger partial charge on any atom is 0.227 e. The second-order valence-electron chi connectivity index (χ2n) is 4.53. The molecule has 1 aromatic heterocycles. The van der Waals surface area contributed by atoms with E-state index in [1.807, 2.05) is 12.1 Å². The van der Waals surface area contributed by atoms with E-state index in [-0.39, 0.29) is 5.95 Å². The van der Waals surface area contributed by atoms with Gasteiger partial charge in [-0.2, -0.15) is 0 Å². The van der Waals surface area contributed by atoms with Gasteiger partial charge in [-0.15, -0.1) is 0 Å². The predicted octanol–water partition coefficient (Wildman–Crippen LogP) is 2.01. The molecule has 20 heavy (non-hydrogen) atoms. The van der Waals surface area contributed by atoms with Crippen LogP contribution in [-0.4, -0.2) is 23.6 Å². The van der Waals surface area contributed by atoms with Gasteiger partial charge in [0.25, 0.3) is 0 Å². The average molecular weight is 275 g/mol. The van der Waals surface area contributed by atoms with E-state index in [1.54, 1.807) is 7.11 Å².